The van der Waals surface area contributed by atoms with Gasteiger partial charge >= 0.3 is 0 Å². The van der Waals surface area contributed by atoms with Gasteiger partial charge in [-0.05, 0) is 50.0 Å². The third-order valence-electron chi connectivity index (χ3n) is 6.60. The predicted molar refractivity (Wildman–Crippen MR) is 131 cm³/mol. The molecule has 2 aromatic carbocycles. The Morgan fingerprint density at radius 3 is 2.72 bits per heavy atom. The lowest BCUT2D eigenvalue weighted by molar-refractivity contribution is -0.136. The van der Waals surface area contributed by atoms with E-state index >= 15 is 0 Å². The van der Waals surface area contributed by atoms with Crippen molar-refractivity contribution in [3.8, 4) is 0 Å². The summed E-state index contributed by atoms with van der Waals surface area (Å²) in [5.41, 5.74) is 2.58. The van der Waals surface area contributed by atoms with Gasteiger partial charge in [0.05, 0.1) is 12.2 Å². The maximum Gasteiger partial charge on any atom is 0.255 e. The van der Waals surface area contributed by atoms with Crippen LogP contribution in [-0.2, 0) is 34.0 Å². The molecule has 3 amide bonds. The van der Waals surface area contributed by atoms with Crippen LogP contribution in [-0.4, -0.2) is 58.9 Å². The zero-order chi connectivity index (χ0) is 29.0. The van der Waals surface area contributed by atoms with Gasteiger partial charge in [0.2, 0.25) is 11.8 Å². The summed E-state index contributed by atoms with van der Waals surface area (Å²) < 4.78 is 52.9. The first-order valence-electron chi connectivity index (χ1n) is 14.0. The van der Waals surface area contributed by atoms with Gasteiger partial charge in [0.25, 0.3) is 5.91 Å². The lowest BCUT2D eigenvalue weighted by Crippen LogP contribution is -2.52. The molecule has 2 aromatic rings. The van der Waals surface area contributed by atoms with Gasteiger partial charge in [-0.2, -0.15) is 0 Å². The number of halogens is 1. The summed E-state index contributed by atoms with van der Waals surface area (Å²) in [4.78, 5) is 41.1. The molecule has 3 unspecified atom stereocenters. The number of nitrogens with zero attached hydrogens (tertiary/aromatic N) is 2. The summed E-state index contributed by atoms with van der Waals surface area (Å²) in [6.45, 7) is 6.19. The maximum absolute atomic E-state index is 14.8. The maximum atomic E-state index is 14.8. The lowest BCUT2D eigenvalue weighted by atomic mass is 10.0. The van der Waals surface area contributed by atoms with Crippen LogP contribution in [0.25, 0.3) is 0 Å². The van der Waals surface area contributed by atoms with Crippen molar-refractivity contribution in [3.63, 3.8) is 0 Å². The number of ether oxygens (including phenoxy) is 1. The van der Waals surface area contributed by atoms with Crippen LogP contribution in [0.3, 0.4) is 0 Å². The second-order valence-corrected chi connectivity index (χ2v) is 9.49. The minimum Gasteiger partial charge on any atom is -0.381 e. The number of anilines is 1. The minimum atomic E-state index is -3.03. The molecule has 2 saturated heterocycles. The molecule has 3 atom stereocenters. The van der Waals surface area contributed by atoms with E-state index in [0.717, 1.165) is 23.6 Å². The molecule has 3 aliphatic heterocycles. The molecule has 8 nitrogen and oxygen atoms in total. The summed E-state index contributed by atoms with van der Waals surface area (Å²) in [6, 6.07) is 7.98. The highest BCUT2D eigenvalue weighted by molar-refractivity contribution is 6.06. The number of imide groups is 1. The molecule has 0 radical (unpaired) electrons. The SMILES string of the molecule is [2H]C1([2H])C(=O)NC(=O)C(N2Cc3c(NCc4cc(CN5CC(C)OC(C)C5)ccc4F)cccc3C2=O)C1([2H])[2H]. The van der Waals surface area contributed by atoms with Crippen molar-refractivity contribution < 1.29 is 29.0 Å². The smallest absolute Gasteiger partial charge is 0.255 e. The Bertz CT molecular complexity index is 1360. The Labute approximate surface area is 215 Å². The number of hydrogen-bond donors (Lipinski definition) is 2. The standard InChI is InChI=1S/C27H31FN4O4/c1-16-12-31(13-17(2)36-16)14-18-6-7-22(28)19(10-18)11-29-23-5-3-4-20-21(23)15-32(27(20)35)24-8-9-25(33)30-26(24)34/h3-7,10,16-17,24,29H,8-9,11-15H2,1-2H3,(H,30,33,34)/i8D2,9D2. The Morgan fingerprint density at radius 1 is 1.17 bits per heavy atom. The molecule has 2 N–H and O–H groups in total. The van der Waals surface area contributed by atoms with E-state index < -0.39 is 36.5 Å². The molecule has 3 heterocycles. The van der Waals surface area contributed by atoms with Crippen LogP contribution in [0.1, 0.15) is 59.1 Å². The first-order valence-corrected chi connectivity index (χ1v) is 12.0. The minimum absolute atomic E-state index is 0.113. The quantitative estimate of drug-likeness (QED) is 0.596. The number of hydrogen-bond acceptors (Lipinski definition) is 6. The Morgan fingerprint density at radius 2 is 1.94 bits per heavy atom. The first kappa shape index (κ1) is 19.8. The van der Waals surface area contributed by atoms with E-state index in [2.05, 4.69) is 10.2 Å². The molecule has 0 aromatic heterocycles. The molecule has 2 fully saturated rings. The third-order valence-corrected chi connectivity index (χ3v) is 6.60. The number of piperidine rings is 1. The average molecular weight is 499 g/mol. The van der Waals surface area contributed by atoms with Gasteiger partial charge in [-0.3, -0.25) is 24.6 Å². The van der Waals surface area contributed by atoms with Crippen LogP contribution < -0.4 is 10.6 Å². The van der Waals surface area contributed by atoms with Crippen molar-refractivity contribution in [1.82, 2.24) is 15.1 Å². The fraction of sp³-hybridized carbons (Fsp3) is 0.444. The van der Waals surface area contributed by atoms with E-state index in [-0.39, 0.29) is 36.7 Å². The normalized spacial score (nSPS) is 29.0. The summed E-state index contributed by atoms with van der Waals surface area (Å²) in [5.74, 6) is -3.50. The van der Waals surface area contributed by atoms with Crippen LogP contribution in [0.15, 0.2) is 36.4 Å². The van der Waals surface area contributed by atoms with E-state index in [1.165, 1.54) is 12.1 Å². The van der Waals surface area contributed by atoms with E-state index in [4.69, 9.17) is 10.2 Å². The van der Waals surface area contributed by atoms with Gasteiger partial charge in [-0.1, -0.05) is 12.1 Å². The highest BCUT2D eigenvalue weighted by atomic mass is 19.1. The molecule has 0 aliphatic carbocycles. The molecule has 0 saturated carbocycles. The Kier molecular flexibility index (Phi) is 5.50. The van der Waals surface area contributed by atoms with Gasteiger partial charge in [-0.25, -0.2) is 4.39 Å². The Balaban J connectivity index is 1.34. The van der Waals surface area contributed by atoms with Crippen molar-refractivity contribution in [2.75, 3.05) is 18.4 Å². The number of amides is 3. The van der Waals surface area contributed by atoms with Gasteiger partial charge in [0, 0.05) is 67.0 Å². The highest BCUT2D eigenvalue weighted by Gasteiger charge is 2.39. The number of benzene rings is 2. The number of nitrogens with one attached hydrogen (secondary N) is 2. The van der Waals surface area contributed by atoms with Crippen molar-refractivity contribution >= 4 is 23.4 Å². The lowest BCUT2D eigenvalue weighted by Gasteiger charge is -2.35. The molecule has 190 valence electrons. The number of morpholine rings is 1. The summed E-state index contributed by atoms with van der Waals surface area (Å²) >= 11 is 0. The predicted octanol–water partition coefficient (Wildman–Crippen LogP) is 2.81. The van der Waals surface area contributed by atoms with Crippen molar-refractivity contribution in [3.05, 3.63) is 64.5 Å². The van der Waals surface area contributed by atoms with Gasteiger partial charge in [0.15, 0.2) is 0 Å². The second-order valence-electron chi connectivity index (χ2n) is 9.49. The van der Waals surface area contributed by atoms with Crippen molar-refractivity contribution in [2.45, 2.75) is 64.5 Å². The second kappa shape index (κ2) is 9.99. The number of rotatable bonds is 6. The van der Waals surface area contributed by atoms with E-state index in [1.54, 1.807) is 24.3 Å². The first-order chi connectivity index (χ1) is 18.8. The highest BCUT2D eigenvalue weighted by Crippen LogP contribution is 2.32. The fourth-order valence-corrected chi connectivity index (χ4v) is 5.08. The summed E-state index contributed by atoms with van der Waals surface area (Å²) in [6.07, 6.45) is -5.76. The largest absolute Gasteiger partial charge is 0.381 e. The molecule has 5 rings (SSSR count). The van der Waals surface area contributed by atoms with Crippen LogP contribution >= 0.6 is 0 Å². The van der Waals surface area contributed by atoms with Gasteiger partial charge < -0.3 is 15.0 Å². The molecule has 9 heteroatoms. The molecule has 36 heavy (non-hydrogen) atoms. The van der Waals surface area contributed by atoms with E-state index in [0.29, 0.717) is 23.4 Å². The monoisotopic (exact) mass is 498 g/mol. The summed E-state index contributed by atoms with van der Waals surface area (Å²) in [7, 11) is 0. The molecule has 0 bridgehead atoms. The van der Waals surface area contributed by atoms with Crippen LogP contribution in [0, 0.1) is 5.82 Å². The van der Waals surface area contributed by atoms with Crippen LogP contribution in [0.4, 0.5) is 10.1 Å². The third kappa shape index (κ3) is 4.99. The van der Waals surface area contributed by atoms with Crippen LogP contribution in [0.2, 0.25) is 0 Å². The van der Waals surface area contributed by atoms with Crippen molar-refractivity contribution in [1.29, 1.82) is 0 Å². The molecular weight excluding hydrogens is 463 g/mol. The number of carbonyl (C=O) groups excluding carboxylic acids is 3. The van der Waals surface area contributed by atoms with E-state index in [9.17, 15) is 18.8 Å². The van der Waals surface area contributed by atoms with Gasteiger partial charge in [0.1, 0.15) is 11.9 Å². The zero-order valence-electron chi connectivity index (χ0n) is 24.1. The number of carbonyl (C=O) groups is 3. The van der Waals surface area contributed by atoms with Crippen molar-refractivity contribution in [2.24, 2.45) is 0 Å². The molecule has 3 aliphatic rings. The number of fused-ring (bicyclic) bond motifs is 1. The van der Waals surface area contributed by atoms with E-state index in [1.807, 2.05) is 19.2 Å². The zero-order valence-corrected chi connectivity index (χ0v) is 20.1. The topological polar surface area (TPSA) is 91.0 Å². The molecule has 0 spiro atoms. The van der Waals surface area contributed by atoms with Gasteiger partial charge in [-0.15, -0.1) is 0 Å². The summed E-state index contributed by atoms with van der Waals surface area (Å²) in [5, 5.41) is 5.02. The van der Waals surface area contributed by atoms with Crippen LogP contribution in [0.5, 0.6) is 0 Å². The Hall–Kier alpha value is -3.30. The average Bonchev–Trinajstić information content (AvgIpc) is 3.19. The molecular formula is C27H31FN4O4. The fourth-order valence-electron chi connectivity index (χ4n) is 5.08.